The molecule has 2 aromatic carbocycles. The lowest BCUT2D eigenvalue weighted by molar-refractivity contribution is -0.274. The van der Waals surface area contributed by atoms with E-state index in [-0.39, 0.29) is 21.7 Å². The average Bonchev–Trinajstić information content (AvgIpc) is 2.89. The molecular weight excluding hydrogens is 415 g/mol. The van der Waals surface area contributed by atoms with Crippen LogP contribution in [-0.2, 0) is 4.79 Å². The fourth-order valence-corrected chi connectivity index (χ4v) is 3.12. The van der Waals surface area contributed by atoms with Gasteiger partial charge in [-0.2, -0.15) is 0 Å². The molecule has 29 heavy (non-hydrogen) atoms. The number of fused-ring (bicyclic) bond motifs is 1. The first kappa shape index (κ1) is 20.5. The van der Waals surface area contributed by atoms with Crippen LogP contribution < -0.4 is 9.47 Å². The normalized spacial score (nSPS) is 11.5. The van der Waals surface area contributed by atoms with Crippen LogP contribution in [0.4, 0.5) is 13.2 Å². The lowest BCUT2D eigenvalue weighted by atomic mass is 9.97. The highest BCUT2D eigenvalue weighted by atomic mass is 35.5. The standard InChI is InChI=1S/C19H13ClF3NO5/c1-8-18(28-9(2)25)14-12(24-8)7-11(20)17(27)15(14)16(26)10-5-3-4-6-13(10)29-19(21,22)23/h3-7,24,27H,1-2H3. The summed E-state index contributed by atoms with van der Waals surface area (Å²) in [4.78, 5) is 27.5. The second kappa shape index (κ2) is 7.32. The smallest absolute Gasteiger partial charge is 0.506 e. The lowest BCUT2D eigenvalue weighted by Gasteiger charge is -2.14. The van der Waals surface area contributed by atoms with E-state index in [2.05, 4.69) is 9.72 Å². The SMILES string of the molecule is CC(=O)Oc1c(C)[nH]c2cc(Cl)c(O)c(C(=O)c3ccccc3OC(F)(F)F)c12. The van der Waals surface area contributed by atoms with E-state index in [0.29, 0.717) is 5.69 Å². The Morgan fingerprint density at radius 3 is 2.48 bits per heavy atom. The van der Waals surface area contributed by atoms with Crippen molar-refractivity contribution in [3.05, 3.63) is 52.2 Å². The molecule has 0 aliphatic rings. The van der Waals surface area contributed by atoms with Crippen molar-refractivity contribution in [1.29, 1.82) is 0 Å². The predicted molar refractivity (Wildman–Crippen MR) is 97.6 cm³/mol. The van der Waals surface area contributed by atoms with Crippen molar-refractivity contribution in [3.63, 3.8) is 0 Å². The third-order valence-electron chi connectivity index (χ3n) is 3.97. The molecule has 6 nitrogen and oxygen atoms in total. The molecule has 0 amide bonds. The number of aromatic amines is 1. The molecule has 0 spiro atoms. The number of rotatable bonds is 4. The Bertz CT molecular complexity index is 1140. The fourth-order valence-electron chi connectivity index (χ4n) is 2.92. The minimum absolute atomic E-state index is 0.00594. The van der Waals surface area contributed by atoms with Gasteiger partial charge in [0.15, 0.2) is 5.75 Å². The number of halogens is 4. The van der Waals surface area contributed by atoms with Gasteiger partial charge in [0.05, 0.1) is 32.7 Å². The number of alkyl halides is 3. The summed E-state index contributed by atoms with van der Waals surface area (Å²) in [7, 11) is 0. The van der Waals surface area contributed by atoms with E-state index in [1.165, 1.54) is 18.2 Å². The number of para-hydroxylation sites is 1. The van der Waals surface area contributed by atoms with Crippen LogP contribution >= 0.6 is 11.6 Å². The molecule has 1 heterocycles. The molecule has 2 N–H and O–H groups in total. The molecule has 10 heteroatoms. The first-order chi connectivity index (χ1) is 13.5. The molecule has 0 bridgehead atoms. The van der Waals surface area contributed by atoms with E-state index in [0.717, 1.165) is 19.1 Å². The minimum Gasteiger partial charge on any atom is -0.506 e. The van der Waals surface area contributed by atoms with Crippen LogP contribution in [0, 0.1) is 6.92 Å². The first-order valence-corrected chi connectivity index (χ1v) is 8.49. The Morgan fingerprint density at radius 2 is 1.86 bits per heavy atom. The number of H-pyrrole nitrogens is 1. The fraction of sp³-hybridized carbons (Fsp3) is 0.158. The lowest BCUT2D eigenvalue weighted by Crippen LogP contribution is -2.19. The quantitative estimate of drug-likeness (QED) is 0.457. The van der Waals surface area contributed by atoms with E-state index >= 15 is 0 Å². The number of phenols is 1. The second-order valence-electron chi connectivity index (χ2n) is 6.05. The van der Waals surface area contributed by atoms with E-state index < -0.39 is 40.7 Å². The Labute approximate surface area is 166 Å². The van der Waals surface area contributed by atoms with Gasteiger partial charge in [-0.15, -0.1) is 13.2 Å². The van der Waals surface area contributed by atoms with Gasteiger partial charge in [0, 0.05) is 6.92 Å². The van der Waals surface area contributed by atoms with Crippen molar-refractivity contribution in [2.75, 3.05) is 0 Å². The highest BCUT2D eigenvalue weighted by molar-refractivity contribution is 6.35. The summed E-state index contributed by atoms with van der Waals surface area (Å²) in [5, 5.41) is 10.2. The monoisotopic (exact) mass is 427 g/mol. The molecule has 3 rings (SSSR count). The molecule has 0 saturated heterocycles. The number of ketones is 1. The van der Waals surface area contributed by atoms with E-state index in [9.17, 15) is 27.9 Å². The molecule has 0 unspecified atom stereocenters. The van der Waals surface area contributed by atoms with Crippen molar-refractivity contribution in [2.45, 2.75) is 20.2 Å². The topological polar surface area (TPSA) is 88.6 Å². The molecule has 1 aromatic heterocycles. The van der Waals surface area contributed by atoms with Crippen LogP contribution in [0.5, 0.6) is 17.2 Å². The van der Waals surface area contributed by atoms with Gasteiger partial charge in [-0.25, -0.2) is 0 Å². The summed E-state index contributed by atoms with van der Waals surface area (Å²) in [6.45, 7) is 2.69. The number of benzene rings is 2. The van der Waals surface area contributed by atoms with Gasteiger partial charge in [0.2, 0.25) is 5.78 Å². The van der Waals surface area contributed by atoms with Crippen LogP contribution in [-0.4, -0.2) is 28.2 Å². The maximum absolute atomic E-state index is 13.2. The molecule has 0 atom stereocenters. The van der Waals surface area contributed by atoms with E-state index in [4.69, 9.17) is 16.3 Å². The van der Waals surface area contributed by atoms with Gasteiger partial charge in [-0.1, -0.05) is 23.7 Å². The van der Waals surface area contributed by atoms with Crippen molar-refractivity contribution >= 4 is 34.3 Å². The number of phenolic OH excluding ortho intramolecular Hbond substituents is 1. The van der Waals surface area contributed by atoms with Crippen molar-refractivity contribution < 1.29 is 37.3 Å². The Morgan fingerprint density at radius 1 is 1.21 bits per heavy atom. The third-order valence-corrected chi connectivity index (χ3v) is 4.26. The van der Waals surface area contributed by atoms with Crippen molar-refractivity contribution in [3.8, 4) is 17.2 Å². The van der Waals surface area contributed by atoms with Gasteiger partial charge < -0.3 is 19.6 Å². The Hall–Kier alpha value is -3.20. The van der Waals surface area contributed by atoms with Crippen LogP contribution in [0.1, 0.15) is 28.5 Å². The number of aromatic nitrogens is 1. The van der Waals surface area contributed by atoms with E-state index in [1.807, 2.05) is 0 Å². The van der Waals surface area contributed by atoms with Gasteiger partial charge >= 0.3 is 12.3 Å². The number of esters is 1. The molecule has 152 valence electrons. The summed E-state index contributed by atoms with van der Waals surface area (Å²) in [5.41, 5.74) is -0.285. The molecule has 0 aliphatic heterocycles. The van der Waals surface area contributed by atoms with E-state index in [1.54, 1.807) is 6.92 Å². The minimum atomic E-state index is -5.03. The molecule has 0 fully saturated rings. The van der Waals surface area contributed by atoms with Crippen LogP contribution in [0.3, 0.4) is 0 Å². The predicted octanol–water partition coefficient (Wildman–Crippen LogP) is 4.89. The second-order valence-corrected chi connectivity index (χ2v) is 6.46. The zero-order valence-corrected chi connectivity index (χ0v) is 15.7. The van der Waals surface area contributed by atoms with Gasteiger partial charge in [-0.3, -0.25) is 9.59 Å². The number of aryl methyl sites for hydroxylation is 1. The van der Waals surface area contributed by atoms with Crippen LogP contribution in [0.2, 0.25) is 5.02 Å². The highest BCUT2D eigenvalue weighted by Gasteiger charge is 2.34. The highest BCUT2D eigenvalue weighted by Crippen LogP contribution is 2.43. The number of ether oxygens (including phenoxy) is 2. The Balaban J connectivity index is 2.29. The number of nitrogens with one attached hydrogen (secondary N) is 1. The number of carbonyl (C=O) groups is 2. The number of hydrogen-bond acceptors (Lipinski definition) is 5. The maximum Gasteiger partial charge on any atom is 0.573 e. The summed E-state index contributed by atoms with van der Waals surface area (Å²) in [6, 6.07) is 5.98. The average molecular weight is 428 g/mol. The number of aromatic hydroxyl groups is 1. The van der Waals surface area contributed by atoms with Gasteiger partial charge in [0.25, 0.3) is 0 Å². The third kappa shape index (κ3) is 4.00. The van der Waals surface area contributed by atoms with Crippen LogP contribution in [0.15, 0.2) is 30.3 Å². The van der Waals surface area contributed by atoms with Gasteiger partial charge in [-0.05, 0) is 25.1 Å². The summed E-state index contributed by atoms with van der Waals surface area (Å²) >= 11 is 6.00. The molecule has 3 aromatic rings. The Kier molecular flexibility index (Phi) is 5.18. The van der Waals surface area contributed by atoms with Gasteiger partial charge in [0.1, 0.15) is 11.5 Å². The zero-order chi connectivity index (χ0) is 21.5. The largest absolute Gasteiger partial charge is 0.573 e. The summed E-state index contributed by atoms with van der Waals surface area (Å²) in [6.07, 6.45) is -5.03. The summed E-state index contributed by atoms with van der Waals surface area (Å²) in [5.74, 6) is -3.15. The van der Waals surface area contributed by atoms with Crippen LogP contribution in [0.25, 0.3) is 10.9 Å². The molecule has 0 aliphatic carbocycles. The number of carbonyl (C=O) groups excluding carboxylic acids is 2. The first-order valence-electron chi connectivity index (χ1n) is 8.11. The van der Waals surface area contributed by atoms with Crippen molar-refractivity contribution in [2.24, 2.45) is 0 Å². The maximum atomic E-state index is 13.2. The summed E-state index contributed by atoms with van der Waals surface area (Å²) < 4.78 is 47.3. The molecular formula is C19H13ClF3NO5. The zero-order valence-electron chi connectivity index (χ0n) is 15.0. The molecule has 0 saturated carbocycles. The van der Waals surface area contributed by atoms with Crippen molar-refractivity contribution in [1.82, 2.24) is 4.98 Å². The number of hydrogen-bond donors (Lipinski definition) is 2. The molecule has 0 radical (unpaired) electrons.